The lowest BCUT2D eigenvalue weighted by Crippen LogP contribution is -2.50. The molecular formula is C23H33N5O2. The van der Waals surface area contributed by atoms with Gasteiger partial charge in [0.05, 0.1) is 12.8 Å². The molecule has 7 nitrogen and oxygen atoms in total. The number of hydrogen-bond acceptors (Lipinski definition) is 4. The second-order valence-electron chi connectivity index (χ2n) is 7.59. The summed E-state index contributed by atoms with van der Waals surface area (Å²) >= 11 is 0. The summed E-state index contributed by atoms with van der Waals surface area (Å²) in [5.74, 6) is 1.87. The molecule has 2 heterocycles. The normalized spacial score (nSPS) is 15.7. The number of nitrogens with one attached hydrogen (secondary N) is 3. The third-order valence-corrected chi connectivity index (χ3v) is 5.33. The van der Waals surface area contributed by atoms with E-state index in [1.54, 1.807) is 13.3 Å². The first-order valence-electron chi connectivity index (χ1n) is 10.8. The van der Waals surface area contributed by atoms with Crippen LogP contribution in [0.3, 0.4) is 0 Å². The summed E-state index contributed by atoms with van der Waals surface area (Å²) in [5, 5.41) is 9.76. The van der Waals surface area contributed by atoms with Crippen molar-refractivity contribution in [3.63, 3.8) is 0 Å². The maximum Gasteiger partial charge on any atom is 0.233 e. The van der Waals surface area contributed by atoms with Crippen molar-refractivity contribution < 1.29 is 9.21 Å². The average molecular weight is 412 g/mol. The first kappa shape index (κ1) is 21.9. The molecule has 0 unspecified atom stereocenters. The fourth-order valence-electron chi connectivity index (χ4n) is 3.57. The van der Waals surface area contributed by atoms with E-state index in [2.05, 4.69) is 45.1 Å². The van der Waals surface area contributed by atoms with Crippen molar-refractivity contribution in [1.82, 2.24) is 20.9 Å². The maximum atomic E-state index is 11.6. The van der Waals surface area contributed by atoms with Gasteiger partial charge in [0.2, 0.25) is 5.91 Å². The molecule has 1 saturated heterocycles. The van der Waals surface area contributed by atoms with Gasteiger partial charge in [0.1, 0.15) is 5.76 Å². The van der Waals surface area contributed by atoms with Gasteiger partial charge in [-0.05, 0) is 37.0 Å². The topological polar surface area (TPSA) is 81.9 Å². The fourth-order valence-corrected chi connectivity index (χ4v) is 3.57. The monoisotopic (exact) mass is 411 g/mol. The van der Waals surface area contributed by atoms with Crippen LogP contribution in [0.4, 0.5) is 0 Å². The zero-order valence-corrected chi connectivity index (χ0v) is 17.8. The number of amides is 1. The Bertz CT molecular complexity index is 768. The van der Waals surface area contributed by atoms with E-state index >= 15 is 0 Å². The van der Waals surface area contributed by atoms with E-state index in [0.29, 0.717) is 19.1 Å². The number of nitrogens with zero attached hydrogens (tertiary/aromatic N) is 2. The Hall–Kier alpha value is -2.80. The quantitative estimate of drug-likeness (QED) is 0.433. The standard InChI is InChI=1S/C23H33N5O2/c1-24-22(29)18-28-15-11-20(12-16-28)27-23(26-14-10-21-8-5-17-30-21)25-13-9-19-6-3-2-4-7-19/h2-8,17,20H,9-16,18H2,1H3,(H,24,29)(H2,25,26,27). The number of aliphatic imine (C=N–C) groups is 1. The summed E-state index contributed by atoms with van der Waals surface area (Å²) in [5.41, 5.74) is 1.31. The van der Waals surface area contributed by atoms with Gasteiger partial charge in [0, 0.05) is 45.7 Å². The Morgan fingerprint density at radius 2 is 1.93 bits per heavy atom. The van der Waals surface area contributed by atoms with E-state index in [0.717, 1.165) is 57.0 Å². The largest absolute Gasteiger partial charge is 0.469 e. The summed E-state index contributed by atoms with van der Waals surface area (Å²) in [7, 11) is 1.68. The van der Waals surface area contributed by atoms with Crippen LogP contribution in [-0.4, -0.2) is 62.6 Å². The lowest BCUT2D eigenvalue weighted by Gasteiger charge is -2.32. The van der Waals surface area contributed by atoms with Crippen molar-refractivity contribution in [1.29, 1.82) is 0 Å². The molecule has 0 bridgehead atoms. The number of furan rings is 1. The third-order valence-electron chi connectivity index (χ3n) is 5.33. The van der Waals surface area contributed by atoms with Crippen molar-refractivity contribution >= 4 is 11.9 Å². The lowest BCUT2D eigenvalue weighted by atomic mass is 10.1. The SMILES string of the molecule is CNC(=O)CN1CCC(NC(=NCCc2ccco2)NCCc2ccccc2)CC1. The van der Waals surface area contributed by atoms with Crippen LogP contribution < -0.4 is 16.0 Å². The fraction of sp³-hybridized carbons (Fsp3) is 0.478. The van der Waals surface area contributed by atoms with Crippen molar-refractivity contribution in [2.75, 3.05) is 39.8 Å². The molecule has 0 radical (unpaired) electrons. The number of likely N-dealkylation sites (tertiary alicyclic amines) is 1. The van der Waals surface area contributed by atoms with E-state index in [-0.39, 0.29) is 5.91 Å². The predicted octanol–water partition coefficient (Wildman–Crippen LogP) is 1.81. The molecule has 162 valence electrons. The number of benzene rings is 1. The van der Waals surface area contributed by atoms with Gasteiger partial charge in [0.25, 0.3) is 0 Å². The van der Waals surface area contributed by atoms with Crippen LogP contribution in [0.5, 0.6) is 0 Å². The molecule has 1 aromatic carbocycles. The molecule has 7 heteroatoms. The smallest absolute Gasteiger partial charge is 0.233 e. The summed E-state index contributed by atoms with van der Waals surface area (Å²) < 4.78 is 5.41. The van der Waals surface area contributed by atoms with Gasteiger partial charge < -0.3 is 20.4 Å². The van der Waals surface area contributed by atoms with Crippen LogP contribution in [0.2, 0.25) is 0 Å². The van der Waals surface area contributed by atoms with Gasteiger partial charge in [-0.25, -0.2) is 0 Å². The number of likely N-dealkylation sites (N-methyl/N-ethyl adjacent to an activating group) is 1. The van der Waals surface area contributed by atoms with Crippen molar-refractivity contribution in [2.24, 2.45) is 4.99 Å². The van der Waals surface area contributed by atoms with Gasteiger partial charge in [0.15, 0.2) is 5.96 Å². The van der Waals surface area contributed by atoms with E-state index < -0.39 is 0 Å². The minimum Gasteiger partial charge on any atom is -0.469 e. The molecule has 3 N–H and O–H groups in total. The maximum absolute atomic E-state index is 11.6. The molecular weight excluding hydrogens is 378 g/mol. The van der Waals surface area contributed by atoms with Crippen LogP contribution in [0.25, 0.3) is 0 Å². The van der Waals surface area contributed by atoms with E-state index in [1.165, 1.54) is 5.56 Å². The Kier molecular flexibility index (Phi) is 8.78. The molecule has 1 aliphatic rings. The Labute approximate surface area is 178 Å². The lowest BCUT2D eigenvalue weighted by molar-refractivity contribution is -0.122. The molecule has 0 atom stereocenters. The van der Waals surface area contributed by atoms with Crippen molar-refractivity contribution in [3.05, 3.63) is 60.1 Å². The number of hydrogen-bond donors (Lipinski definition) is 3. The van der Waals surface area contributed by atoms with Gasteiger partial charge in [-0.3, -0.25) is 14.7 Å². The highest BCUT2D eigenvalue weighted by molar-refractivity contribution is 5.80. The molecule has 1 amide bonds. The molecule has 0 spiro atoms. The van der Waals surface area contributed by atoms with E-state index in [4.69, 9.17) is 9.41 Å². The summed E-state index contributed by atoms with van der Waals surface area (Å²) in [6.07, 6.45) is 5.42. The van der Waals surface area contributed by atoms with Crippen LogP contribution >= 0.6 is 0 Å². The second kappa shape index (κ2) is 12.0. The summed E-state index contributed by atoms with van der Waals surface area (Å²) in [6.45, 7) is 3.79. The average Bonchev–Trinajstić information content (AvgIpc) is 3.29. The number of rotatable bonds is 9. The number of carbonyl (C=O) groups is 1. The van der Waals surface area contributed by atoms with E-state index in [9.17, 15) is 4.79 Å². The molecule has 1 aromatic heterocycles. The molecule has 2 aromatic rings. The molecule has 0 aliphatic carbocycles. The zero-order chi connectivity index (χ0) is 21.0. The Morgan fingerprint density at radius 1 is 1.13 bits per heavy atom. The van der Waals surface area contributed by atoms with Gasteiger partial charge >= 0.3 is 0 Å². The zero-order valence-electron chi connectivity index (χ0n) is 17.8. The highest BCUT2D eigenvalue weighted by Gasteiger charge is 2.21. The van der Waals surface area contributed by atoms with Crippen molar-refractivity contribution in [3.8, 4) is 0 Å². The van der Waals surface area contributed by atoms with Crippen LogP contribution in [0, 0.1) is 0 Å². The van der Waals surface area contributed by atoms with Crippen LogP contribution in [-0.2, 0) is 17.6 Å². The summed E-state index contributed by atoms with van der Waals surface area (Å²) in [6, 6.07) is 14.7. The second-order valence-corrected chi connectivity index (χ2v) is 7.59. The van der Waals surface area contributed by atoms with Crippen molar-refractivity contribution in [2.45, 2.75) is 31.7 Å². The molecule has 1 fully saturated rings. The number of piperidine rings is 1. The number of guanidine groups is 1. The van der Waals surface area contributed by atoms with Crippen LogP contribution in [0.1, 0.15) is 24.2 Å². The van der Waals surface area contributed by atoms with Gasteiger partial charge in [-0.15, -0.1) is 0 Å². The Balaban J connectivity index is 1.49. The summed E-state index contributed by atoms with van der Waals surface area (Å²) in [4.78, 5) is 18.5. The van der Waals surface area contributed by atoms with Gasteiger partial charge in [-0.2, -0.15) is 0 Å². The van der Waals surface area contributed by atoms with Gasteiger partial charge in [-0.1, -0.05) is 30.3 Å². The molecule has 0 saturated carbocycles. The minimum atomic E-state index is 0.0733. The highest BCUT2D eigenvalue weighted by Crippen LogP contribution is 2.10. The first-order chi connectivity index (χ1) is 14.7. The predicted molar refractivity (Wildman–Crippen MR) is 120 cm³/mol. The minimum absolute atomic E-state index is 0.0733. The first-order valence-corrected chi connectivity index (χ1v) is 10.8. The van der Waals surface area contributed by atoms with Crippen LogP contribution in [0.15, 0.2) is 58.1 Å². The number of carbonyl (C=O) groups excluding carboxylic acids is 1. The molecule has 30 heavy (non-hydrogen) atoms. The Morgan fingerprint density at radius 3 is 2.63 bits per heavy atom. The third kappa shape index (κ3) is 7.55. The highest BCUT2D eigenvalue weighted by atomic mass is 16.3. The van der Waals surface area contributed by atoms with E-state index in [1.807, 2.05) is 18.2 Å². The molecule has 3 rings (SSSR count). The molecule has 1 aliphatic heterocycles.